The molecule has 0 fully saturated rings. The number of pyridine rings is 2. The summed E-state index contributed by atoms with van der Waals surface area (Å²) in [5.41, 5.74) is 2.60. The summed E-state index contributed by atoms with van der Waals surface area (Å²) in [4.78, 5) is 29.7. The monoisotopic (exact) mass is 337 g/mol. The van der Waals surface area contributed by atoms with E-state index in [4.69, 9.17) is 0 Å². The average Bonchev–Trinajstić information content (AvgIpc) is 2.65. The first kappa shape index (κ1) is 15.6. The van der Waals surface area contributed by atoms with E-state index in [9.17, 15) is 9.18 Å². The Labute approximate surface area is 143 Å². The smallest absolute Gasteiger partial charge is 0.255 e. The number of fused-ring (bicyclic) bond motifs is 1. The summed E-state index contributed by atoms with van der Waals surface area (Å²) in [7, 11) is 0. The summed E-state index contributed by atoms with van der Waals surface area (Å²) in [6.07, 6.45) is 5.42. The van der Waals surface area contributed by atoms with Gasteiger partial charge in [0.25, 0.3) is 5.56 Å². The fraction of sp³-hybridized carbons (Fsp3) is 0.222. The first-order valence-electron chi connectivity index (χ1n) is 8.05. The maximum atomic E-state index is 13.7. The number of H-pyrrole nitrogens is 1. The third-order valence-electron chi connectivity index (χ3n) is 4.31. The minimum atomic E-state index is -0.466. The molecule has 6 nitrogen and oxygen atoms in total. The Balaban J connectivity index is 1.60. The van der Waals surface area contributed by atoms with Crippen LogP contribution in [0.3, 0.4) is 0 Å². The average molecular weight is 337 g/mol. The molecule has 0 radical (unpaired) electrons. The van der Waals surface area contributed by atoms with E-state index >= 15 is 0 Å². The third-order valence-corrected chi connectivity index (χ3v) is 4.31. The molecule has 1 aliphatic rings. The van der Waals surface area contributed by atoms with Gasteiger partial charge in [-0.25, -0.2) is 9.97 Å². The number of aromatic amines is 1. The lowest BCUT2D eigenvalue weighted by Gasteiger charge is -2.27. The molecule has 7 heteroatoms. The molecule has 3 aromatic rings. The lowest BCUT2D eigenvalue weighted by Crippen LogP contribution is -2.35. The van der Waals surface area contributed by atoms with Crippen LogP contribution in [0.4, 0.5) is 4.39 Å². The Morgan fingerprint density at radius 3 is 2.92 bits per heavy atom. The van der Waals surface area contributed by atoms with Crippen molar-refractivity contribution in [2.24, 2.45) is 0 Å². The van der Waals surface area contributed by atoms with Crippen LogP contribution in [0.5, 0.6) is 0 Å². The van der Waals surface area contributed by atoms with Gasteiger partial charge >= 0.3 is 0 Å². The van der Waals surface area contributed by atoms with Crippen molar-refractivity contribution in [2.45, 2.75) is 19.5 Å². The van der Waals surface area contributed by atoms with Crippen molar-refractivity contribution in [3.05, 3.63) is 76.0 Å². The summed E-state index contributed by atoms with van der Waals surface area (Å²) >= 11 is 0. The normalized spacial score (nSPS) is 14.3. The highest BCUT2D eigenvalue weighted by molar-refractivity contribution is 5.53. The summed E-state index contributed by atoms with van der Waals surface area (Å²) in [5.74, 6) is 0.0656. The molecule has 0 saturated carbocycles. The SMILES string of the molecule is O=c1[nH]c(-c2cccnc2)nc2c1CN(Cc1cccnc1F)CC2. The second-order valence-corrected chi connectivity index (χ2v) is 6.00. The summed E-state index contributed by atoms with van der Waals surface area (Å²) in [6.45, 7) is 1.58. The zero-order chi connectivity index (χ0) is 17.2. The molecule has 0 amide bonds. The molecule has 0 spiro atoms. The van der Waals surface area contributed by atoms with E-state index in [2.05, 4.69) is 19.9 Å². The van der Waals surface area contributed by atoms with Crippen LogP contribution in [0.25, 0.3) is 11.4 Å². The van der Waals surface area contributed by atoms with E-state index in [1.54, 1.807) is 30.6 Å². The van der Waals surface area contributed by atoms with Gasteiger partial charge in [-0.3, -0.25) is 14.7 Å². The number of aromatic nitrogens is 4. The van der Waals surface area contributed by atoms with Gasteiger partial charge in [-0.05, 0) is 18.2 Å². The quantitative estimate of drug-likeness (QED) is 0.739. The third kappa shape index (κ3) is 3.18. The van der Waals surface area contributed by atoms with Gasteiger partial charge < -0.3 is 4.98 Å². The Kier molecular flexibility index (Phi) is 4.07. The van der Waals surface area contributed by atoms with Gasteiger partial charge in [0.1, 0.15) is 5.82 Å². The molecule has 0 bridgehead atoms. The van der Waals surface area contributed by atoms with Gasteiger partial charge in [0, 0.05) is 55.8 Å². The molecular weight excluding hydrogens is 321 g/mol. The molecule has 4 heterocycles. The predicted molar refractivity (Wildman–Crippen MR) is 90.1 cm³/mol. The predicted octanol–water partition coefficient (Wildman–Crippen LogP) is 1.92. The Morgan fingerprint density at radius 2 is 2.12 bits per heavy atom. The molecule has 1 aliphatic heterocycles. The lowest BCUT2D eigenvalue weighted by atomic mass is 10.1. The molecular formula is C18H16FN5O. The van der Waals surface area contributed by atoms with Gasteiger partial charge in [-0.15, -0.1) is 0 Å². The molecule has 0 aromatic carbocycles. The van der Waals surface area contributed by atoms with Gasteiger partial charge in [0.05, 0.1) is 11.3 Å². The van der Waals surface area contributed by atoms with Crippen LogP contribution in [0.1, 0.15) is 16.8 Å². The Morgan fingerprint density at radius 1 is 1.24 bits per heavy atom. The van der Waals surface area contributed by atoms with E-state index < -0.39 is 5.95 Å². The Hall–Kier alpha value is -2.93. The summed E-state index contributed by atoms with van der Waals surface area (Å²) in [6, 6.07) is 7.09. The molecule has 3 aromatic heterocycles. The maximum Gasteiger partial charge on any atom is 0.255 e. The topological polar surface area (TPSA) is 74.8 Å². The van der Waals surface area contributed by atoms with Crippen molar-refractivity contribution in [1.82, 2.24) is 24.8 Å². The van der Waals surface area contributed by atoms with Crippen LogP contribution >= 0.6 is 0 Å². The Bertz CT molecular complexity index is 957. The molecule has 1 N–H and O–H groups in total. The van der Waals surface area contributed by atoms with E-state index in [0.29, 0.717) is 43.0 Å². The molecule has 0 unspecified atom stereocenters. The van der Waals surface area contributed by atoms with E-state index in [1.807, 2.05) is 11.0 Å². The van der Waals surface area contributed by atoms with E-state index in [1.165, 1.54) is 6.20 Å². The van der Waals surface area contributed by atoms with Crippen molar-refractivity contribution in [3.63, 3.8) is 0 Å². The highest BCUT2D eigenvalue weighted by Gasteiger charge is 2.22. The summed E-state index contributed by atoms with van der Waals surface area (Å²) < 4.78 is 13.7. The zero-order valence-corrected chi connectivity index (χ0v) is 13.4. The van der Waals surface area contributed by atoms with Crippen LogP contribution in [0.2, 0.25) is 0 Å². The first-order chi connectivity index (χ1) is 12.2. The number of hydrogen-bond acceptors (Lipinski definition) is 5. The van der Waals surface area contributed by atoms with Crippen molar-refractivity contribution < 1.29 is 4.39 Å². The van der Waals surface area contributed by atoms with Crippen LogP contribution in [0, 0.1) is 5.95 Å². The van der Waals surface area contributed by atoms with Gasteiger partial charge in [0.2, 0.25) is 5.95 Å². The molecule has 0 saturated heterocycles. The summed E-state index contributed by atoms with van der Waals surface area (Å²) in [5, 5.41) is 0. The maximum absolute atomic E-state index is 13.7. The number of halogens is 1. The minimum Gasteiger partial charge on any atom is -0.306 e. The fourth-order valence-electron chi connectivity index (χ4n) is 3.03. The van der Waals surface area contributed by atoms with Crippen LogP contribution < -0.4 is 5.56 Å². The van der Waals surface area contributed by atoms with E-state index in [0.717, 1.165) is 11.3 Å². The van der Waals surface area contributed by atoms with Gasteiger partial charge in [-0.1, -0.05) is 6.07 Å². The molecule has 0 atom stereocenters. The van der Waals surface area contributed by atoms with E-state index in [-0.39, 0.29) is 5.56 Å². The minimum absolute atomic E-state index is 0.153. The fourth-order valence-corrected chi connectivity index (χ4v) is 3.03. The molecule has 25 heavy (non-hydrogen) atoms. The van der Waals surface area contributed by atoms with Crippen LogP contribution in [0.15, 0.2) is 47.7 Å². The number of rotatable bonds is 3. The van der Waals surface area contributed by atoms with Crippen molar-refractivity contribution in [3.8, 4) is 11.4 Å². The van der Waals surface area contributed by atoms with Crippen molar-refractivity contribution in [1.29, 1.82) is 0 Å². The zero-order valence-electron chi connectivity index (χ0n) is 13.4. The second-order valence-electron chi connectivity index (χ2n) is 6.00. The number of hydrogen-bond donors (Lipinski definition) is 1. The van der Waals surface area contributed by atoms with Gasteiger partial charge in [0.15, 0.2) is 0 Å². The highest BCUT2D eigenvalue weighted by atomic mass is 19.1. The highest BCUT2D eigenvalue weighted by Crippen LogP contribution is 2.19. The number of nitrogens with zero attached hydrogens (tertiary/aromatic N) is 4. The molecule has 0 aliphatic carbocycles. The van der Waals surface area contributed by atoms with Crippen molar-refractivity contribution >= 4 is 0 Å². The van der Waals surface area contributed by atoms with Crippen LogP contribution in [-0.4, -0.2) is 31.4 Å². The number of nitrogens with one attached hydrogen (secondary N) is 1. The second kappa shape index (κ2) is 6.52. The molecule has 126 valence electrons. The van der Waals surface area contributed by atoms with Gasteiger partial charge in [-0.2, -0.15) is 4.39 Å². The van der Waals surface area contributed by atoms with Crippen LogP contribution in [-0.2, 0) is 19.5 Å². The molecule has 4 rings (SSSR count). The largest absolute Gasteiger partial charge is 0.306 e. The lowest BCUT2D eigenvalue weighted by molar-refractivity contribution is 0.237. The van der Waals surface area contributed by atoms with Crippen molar-refractivity contribution in [2.75, 3.05) is 6.54 Å². The standard InChI is InChI=1S/C18H16FN5O/c19-16-13(4-2-7-21-16)10-24-8-5-15-14(11-24)18(25)23-17(22-15)12-3-1-6-20-9-12/h1-4,6-7,9H,5,8,10-11H2,(H,22,23,25). The first-order valence-corrected chi connectivity index (χ1v) is 8.05.